The molecule has 1 aliphatic heterocycles. The van der Waals surface area contributed by atoms with Crippen molar-refractivity contribution in [3.8, 4) is 5.75 Å². The number of nitrogens with one attached hydrogen (secondary N) is 1. The van der Waals surface area contributed by atoms with Crippen molar-refractivity contribution in [2.75, 3.05) is 20.2 Å². The van der Waals surface area contributed by atoms with E-state index in [9.17, 15) is 13.2 Å². The number of hydrogen-bond acceptors (Lipinski definition) is 4. The van der Waals surface area contributed by atoms with E-state index in [0.29, 0.717) is 34.9 Å². The smallest absolute Gasteiger partial charge is 0.251 e. The van der Waals surface area contributed by atoms with Crippen LogP contribution in [0.25, 0.3) is 0 Å². The van der Waals surface area contributed by atoms with Gasteiger partial charge in [-0.3, -0.25) is 4.79 Å². The van der Waals surface area contributed by atoms with Crippen LogP contribution >= 0.6 is 11.6 Å². The third kappa shape index (κ3) is 4.32. The topological polar surface area (TPSA) is 75.7 Å². The number of nitrogens with zero attached hydrogens (tertiary/aromatic N) is 1. The molecule has 28 heavy (non-hydrogen) atoms. The molecule has 1 fully saturated rings. The molecule has 1 aliphatic rings. The van der Waals surface area contributed by atoms with Crippen molar-refractivity contribution in [3.05, 3.63) is 58.6 Å². The lowest BCUT2D eigenvalue weighted by Crippen LogP contribution is -2.49. The summed E-state index contributed by atoms with van der Waals surface area (Å²) in [6.07, 6.45) is 1.40. The number of sulfonamides is 1. The number of halogens is 1. The third-order valence-corrected chi connectivity index (χ3v) is 7.33. The Hall–Kier alpha value is -2.09. The van der Waals surface area contributed by atoms with E-state index in [4.69, 9.17) is 16.3 Å². The quantitative estimate of drug-likeness (QED) is 0.802. The first-order valence-electron chi connectivity index (χ1n) is 9.03. The van der Waals surface area contributed by atoms with Gasteiger partial charge < -0.3 is 10.1 Å². The molecule has 0 bridgehead atoms. The van der Waals surface area contributed by atoms with Gasteiger partial charge in [0.25, 0.3) is 5.91 Å². The van der Waals surface area contributed by atoms with Gasteiger partial charge in [0, 0.05) is 29.7 Å². The molecule has 0 saturated carbocycles. The van der Waals surface area contributed by atoms with Crippen molar-refractivity contribution in [1.29, 1.82) is 0 Å². The van der Waals surface area contributed by atoms with E-state index in [2.05, 4.69) is 5.32 Å². The molecule has 6 nitrogen and oxygen atoms in total. The summed E-state index contributed by atoms with van der Waals surface area (Å²) in [5, 5.41) is 3.36. The van der Waals surface area contributed by atoms with Gasteiger partial charge in [0.1, 0.15) is 5.75 Å². The van der Waals surface area contributed by atoms with Gasteiger partial charge in [-0.05, 0) is 61.7 Å². The van der Waals surface area contributed by atoms with Gasteiger partial charge in [-0.15, -0.1) is 0 Å². The Morgan fingerprint density at radius 2 is 1.93 bits per heavy atom. The van der Waals surface area contributed by atoms with Crippen molar-refractivity contribution >= 4 is 27.5 Å². The average Bonchev–Trinajstić information content (AvgIpc) is 2.70. The van der Waals surface area contributed by atoms with E-state index in [1.54, 1.807) is 56.5 Å². The zero-order valence-electron chi connectivity index (χ0n) is 15.8. The van der Waals surface area contributed by atoms with E-state index in [1.807, 2.05) is 0 Å². The van der Waals surface area contributed by atoms with Crippen LogP contribution in [0.1, 0.15) is 28.8 Å². The normalized spacial score (nSPS) is 17.9. The van der Waals surface area contributed by atoms with Crippen molar-refractivity contribution in [1.82, 2.24) is 9.62 Å². The predicted octanol–water partition coefficient (Wildman–Crippen LogP) is 3.24. The maximum absolute atomic E-state index is 13.1. The lowest BCUT2D eigenvalue weighted by atomic mass is 10.1. The second-order valence-electron chi connectivity index (χ2n) is 6.77. The van der Waals surface area contributed by atoms with E-state index in [0.717, 1.165) is 6.42 Å². The van der Waals surface area contributed by atoms with Crippen molar-refractivity contribution in [2.45, 2.75) is 30.7 Å². The molecule has 0 aliphatic carbocycles. The van der Waals surface area contributed by atoms with E-state index < -0.39 is 10.0 Å². The first-order valence-corrected chi connectivity index (χ1v) is 10.8. The zero-order chi connectivity index (χ0) is 20.3. The Bertz CT molecular complexity index is 961. The standard InChI is InChI=1S/C20H23ClN2O4S/c1-14-18(21)6-3-7-19(14)28(25,26)23-12-4-5-16(13-23)22-20(24)15-8-10-17(27-2)11-9-15/h3,6-11,16H,4-5,12-13H2,1-2H3,(H,22,24). The number of benzene rings is 2. The fourth-order valence-corrected chi connectivity index (χ4v) is 5.30. The number of ether oxygens (including phenoxy) is 1. The van der Waals surface area contributed by atoms with E-state index in [1.165, 1.54) is 4.31 Å². The third-order valence-electron chi connectivity index (χ3n) is 4.91. The molecule has 1 amide bonds. The van der Waals surface area contributed by atoms with Crippen LogP contribution in [0.15, 0.2) is 47.4 Å². The SMILES string of the molecule is COc1ccc(C(=O)NC2CCCN(S(=O)(=O)c3cccc(Cl)c3C)C2)cc1. The molecule has 1 saturated heterocycles. The van der Waals surface area contributed by atoms with Gasteiger partial charge >= 0.3 is 0 Å². The zero-order valence-corrected chi connectivity index (χ0v) is 17.4. The molecule has 2 aromatic carbocycles. The van der Waals surface area contributed by atoms with Crippen LogP contribution in [-0.4, -0.2) is 44.9 Å². The highest BCUT2D eigenvalue weighted by atomic mass is 35.5. The largest absolute Gasteiger partial charge is 0.497 e. The second kappa shape index (κ2) is 8.51. The molecule has 0 spiro atoms. The lowest BCUT2D eigenvalue weighted by molar-refractivity contribution is 0.0921. The molecule has 1 N–H and O–H groups in total. The monoisotopic (exact) mass is 422 g/mol. The Kier molecular flexibility index (Phi) is 6.27. The fourth-order valence-electron chi connectivity index (χ4n) is 3.30. The molecule has 8 heteroatoms. The summed E-state index contributed by atoms with van der Waals surface area (Å²) in [4.78, 5) is 12.7. The predicted molar refractivity (Wildman–Crippen MR) is 108 cm³/mol. The minimum absolute atomic E-state index is 0.210. The highest BCUT2D eigenvalue weighted by molar-refractivity contribution is 7.89. The van der Waals surface area contributed by atoms with Crippen LogP contribution in [0, 0.1) is 6.92 Å². The van der Waals surface area contributed by atoms with Crippen LogP contribution in [0.3, 0.4) is 0 Å². The number of methoxy groups -OCH3 is 1. The molecule has 3 rings (SSSR count). The number of rotatable bonds is 5. The average molecular weight is 423 g/mol. The van der Waals surface area contributed by atoms with Crippen LogP contribution in [0.4, 0.5) is 0 Å². The van der Waals surface area contributed by atoms with Crippen molar-refractivity contribution < 1.29 is 17.9 Å². The Morgan fingerprint density at radius 3 is 2.61 bits per heavy atom. The van der Waals surface area contributed by atoms with Gasteiger partial charge in [-0.25, -0.2) is 8.42 Å². The van der Waals surface area contributed by atoms with E-state index >= 15 is 0 Å². The van der Waals surface area contributed by atoms with Crippen LogP contribution in [0.2, 0.25) is 5.02 Å². The minimum atomic E-state index is -3.68. The minimum Gasteiger partial charge on any atom is -0.497 e. The summed E-state index contributed by atoms with van der Waals surface area (Å²) in [6, 6.07) is 11.4. The van der Waals surface area contributed by atoms with Crippen molar-refractivity contribution in [3.63, 3.8) is 0 Å². The maximum atomic E-state index is 13.1. The lowest BCUT2D eigenvalue weighted by Gasteiger charge is -2.32. The molecular weight excluding hydrogens is 400 g/mol. The highest BCUT2D eigenvalue weighted by Gasteiger charge is 2.32. The molecule has 2 aromatic rings. The first-order chi connectivity index (χ1) is 13.3. The summed E-state index contributed by atoms with van der Waals surface area (Å²) < 4.78 is 32.7. The number of piperidine rings is 1. The number of hydrogen-bond donors (Lipinski definition) is 1. The van der Waals surface area contributed by atoms with Gasteiger partial charge in [-0.1, -0.05) is 17.7 Å². The Labute approximate surface area is 170 Å². The Balaban J connectivity index is 1.72. The summed E-state index contributed by atoms with van der Waals surface area (Å²) in [7, 11) is -2.11. The molecular formula is C20H23ClN2O4S. The van der Waals surface area contributed by atoms with Gasteiger partial charge in [-0.2, -0.15) is 4.31 Å². The molecule has 0 aromatic heterocycles. The number of carbonyl (C=O) groups is 1. The van der Waals surface area contributed by atoms with Gasteiger partial charge in [0.05, 0.1) is 12.0 Å². The van der Waals surface area contributed by atoms with Crippen LogP contribution in [0.5, 0.6) is 5.75 Å². The van der Waals surface area contributed by atoms with Gasteiger partial charge in [0.2, 0.25) is 10.0 Å². The van der Waals surface area contributed by atoms with E-state index in [-0.39, 0.29) is 23.4 Å². The summed E-state index contributed by atoms with van der Waals surface area (Å²) in [5.74, 6) is 0.439. The Morgan fingerprint density at radius 1 is 1.21 bits per heavy atom. The maximum Gasteiger partial charge on any atom is 0.251 e. The fraction of sp³-hybridized carbons (Fsp3) is 0.350. The summed E-state index contributed by atoms with van der Waals surface area (Å²) in [5.41, 5.74) is 1.04. The molecule has 1 atom stereocenters. The first kappa shape index (κ1) is 20.6. The summed E-state index contributed by atoms with van der Waals surface area (Å²) in [6.45, 7) is 2.35. The molecule has 1 heterocycles. The molecule has 150 valence electrons. The highest BCUT2D eigenvalue weighted by Crippen LogP contribution is 2.27. The number of amides is 1. The molecule has 1 unspecified atom stereocenters. The number of carbonyl (C=O) groups excluding carboxylic acids is 1. The molecule has 0 radical (unpaired) electrons. The van der Waals surface area contributed by atoms with Gasteiger partial charge in [0.15, 0.2) is 0 Å². The van der Waals surface area contributed by atoms with Crippen LogP contribution in [-0.2, 0) is 10.0 Å². The summed E-state index contributed by atoms with van der Waals surface area (Å²) >= 11 is 6.10. The second-order valence-corrected chi connectivity index (χ2v) is 9.08. The van der Waals surface area contributed by atoms with Crippen LogP contribution < -0.4 is 10.1 Å². The van der Waals surface area contributed by atoms with Crippen molar-refractivity contribution in [2.24, 2.45) is 0 Å².